The van der Waals surface area contributed by atoms with Gasteiger partial charge in [-0.2, -0.15) is 26.5 Å². The van der Waals surface area contributed by atoms with Gasteiger partial charge in [0.1, 0.15) is 7.05 Å². The van der Waals surface area contributed by atoms with Gasteiger partial charge in [-0.25, -0.2) is 0 Å². The Kier molecular flexibility index (Phi) is 6.23. The Morgan fingerprint density at radius 1 is 0.810 bits per heavy atom. The van der Waals surface area contributed by atoms with Crippen molar-refractivity contribution < 1.29 is 26.5 Å². The third-order valence-electron chi connectivity index (χ3n) is 9.11. The molecule has 0 radical (unpaired) electrons. The van der Waals surface area contributed by atoms with Crippen molar-refractivity contribution in [2.45, 2.75) is 37.5 Å². The third kappa shape index (κ3) is 3.65. The van der Waals surface area contributed by atoms with E-state index in [0.29, 0.717) is 16.5 Å². The van der Waals surface area contributed by atoms with Crippen molar-refractivity contribution in [3.8, 4) is 0 Å². The average Bonchev–Trinajstić information content (AvgIpc) is 3.32. The molecule has 0 amide bonds. The van der Waals surface area contributed by atoms with Crippen LogP contribution in [0.5, 0.6) is 0 Å². The maximum atomic E-state index is 16.0. The molecular formula is C35H30F5N2+. The highest BCUT2D eigenvalue weighted by atomic mass is 19.3. The van der Waals surface area contributed by atoms with Crippen molar-refractivity contribution >= 4 is 38.6 Å². The Labute approximate surface area is 241 Å². The van der Waals surface area contributed by atoms with Crippen LogP contribution in [0.15, 0.2) is 109 Å². The number of alkyl halides is 2. The van der Waals surface area contributed by atoms with Gasteiger partial charge in [-0.1, -0.05) is 74.5 Å². The lowest BCUT2D eigenvalue weighted by Crippen LogP contribution is -2.48. The lowest BCUT2D eigenvalue weighted by atomic mass is 9.71. The van der Waals surface area contributed by atoms with Gasteiger partial charge >= 0.3 is 12.0 Å². The molecule has 7 heteroatoms. The smallest absolute Gasteiger partial charge is 0.323 e. The Balaban J connectivity index is 1.52. The van der Waals surface area contributed by atoms with Crippen LogP contribution in [-0.4, -0.2) is 30.3 Å². The van der Waals surface area contributed by atoms with Gasteiger partial charge < -0.3 is 4.90 Å². The van der Waals surface area contributed by atoms with Crippen molar-refractivity contribution in [2.75, 3.05) is 19.0 Å². The van der Waals surface area contributed by atoms with Crippen molar-refractivity contribution in [1.29, 1.82) is 0 Å². The minimum atomic E-state index is -4.53. The number of allylic oxidation sites excluding steroid dienone is 5. The number of benzene rings is 4. The van der Waals surface area contributed by atoms with E-state index in [4.69, 9.17) is 0 Å². The van der Waals surface area contributed by atoms with E-state index in [9.17, 15) is 13.2 Å². The topological polar surface area (TPSA) is 6.25 Å². The number of anilines is 1. The molecule has 42 heavy (non-hydrogen) atoms. The molecule has 0 aromatic heterocycles. The van der Waals surface area contributed by atoms with Gasteiger partial charge in [0, 0.05) is 36.0 Å². The van der Waals surface area contributed by atoms with Crippen LogP contribution in [0.4, 0.5) is 33.3 Å². The molecule has 1 unspecified atom stereocenters. The predicted octanol–water partition coefficient (Wildman–Crippen LogP) is 9.56. The molecule has 2 nitrogen and oxygen atoms in total. The zero-order valence-corrected chi connectivity index (χ0v) is 23.9. The van der Waals surface area contributed by atoms with E-state index in [2.05, 4.69) is 43.0 Å². The maximum Gasteiger partial charge on any atom is 0.323 e. The third-order valence-corrected chi connectivity index (χ3v) is 9.11. The van der Waals surface area contributed by atoms with Gasteiger partial charge in [0.05, 0.1) is 5.56 Å². The van der Waals surface area contributed by atoms with Gasteiger partial charge in [0.2, 0.25) is 11.5 Å². The molecule has 0 spiro atoms. The first-order chi connectivity index (χ1) is 19.8. The Hall–Kier alpha value is -4.26. The molecule has 214 valence electrons. The van der Waals surface area contributed by atoms with E-state index < -0.39 is 28.7 Å². The van der Waals surface area contributed by atoms with Crippen LogP contribution in [0.3, 0.4) is 0 Å². The normalized spacial score (nSPS) is 20.7. The summed E-state index contributed by atoms with van der Waals surface area (Å²) < 4.78 is 75.2. The zero-order valence-electron chi connectivity index (χ0n) is 23.9. The van der Waals surface area contributed by atoms with Crippen molar-refractivity contribution in [1.82, 2.24) is 0 Å². The number of likely N-dealkylation sites (N-methyl/N-ethyl adjacent to an activating group) is 1. The zero-order chi connectivity index (χ0) is 30.2. The second kappa shape index (κ2) is 9.38. The van der Waals surface area contributed by atoms with Crippen LogP contribution < -0.4 is 4.90 Å². The van der Waals surface area contributed by atoms with Crippen LogP contribution in [0.2, 0.25) is 0 Å². The number of fused-ring (bicyclic) bond motifs is 6. The second-order valence-corrected chi connectivity index (χ2v) is 11.7. The first kappa shape index (κ1) is 27.9. The van der Waals surface area contributed by atoms with Crippen molar-refractivity contribution in [3.63, 3.8) is 0 Å². The molecule has 6 rings (SSSR count). The summed E-state index contributed by atoms with van der Waals surface area (Å²) in [7, 11) is 3.56. The van der Waals surface area contributed by atoms with E-state index in [1.165, 1.54) is 6.08 Å². The Morgan fingerprint density at radius 3 is 2.00 bits per heavy atom. The molecular weight excluding hydrogens is 543 g/mol. The van der Waals surface area contributed by atoms with E-state index in [1.807, 2.05) is 25.3 Å². The Morgan fingerprint density at radius 2 is 1.38 bits per heavy atom. The highest BCUT2D eigenvalue weighted by Gasteiger charge is 2.66. The molecule has 2 aliphatic rings. The van der Waals surface area contributed by atoms with E-state index >= 15 is 8.78 Å². The first-order valence-electron chi connectivity index (χ1n) is 13.7. The molecule has 0 aliphatic carbocycles. The van der Waals surface area contributed by atoms with Gasteiger partial charge in [-0.15, -0.1) is 0 Å². The summed E-state index contributed by atoms with van der Waals surface area (Å²) in [6, 6.07) is 22.6. The van der Waals surface area contributed by atoms with Crippen LogP contribution in [0, 0.1) is 0 Å². The highest BCUT2D eigenvalue weighted by Crippen LogP contribution is 2.55. The fraction of sp³-hybridized carbons (Fsp3) is 0.229. The monoisotopic (exact) mass is 573 g/mol. The van der Waals surface area contributed by atoms with Crippen LogP contribution in [0.25, 0.3) is 21.5 Å². The summed E-state index contributed by atoms with van der Waals surface area (Å²) in [5.41, 5.74) is 0.828. The Bertz CT molecular complexity index is 1910. The van der Waals surface area contributed by atoms with E-state index in [-0.39, 0.29) is 11.3 Å². The molecule has 0 saturated carbocycles. The number of hydrogen-bond acceptors (Lipinski definition) is 1. The fourth-order valence-electron chi connectivity index (χ4n) is 7.02. The first-order valence-corrected chi connectivity index (χ1v) is 13.7. The standard InChI is InChI=1S/C35H30F5N2/c1-33(2)27(41(4)25-19-17-21-11-6-8-13-23(21)29(25)33)15-10-16-28-34(3,35(39,40)31(36)32(37)38)30-24-14-9-7-12-22(24)18-20-26(30)42(28)5/h6-20H,1-5H3/q+1. The van der Waals surface area contributed by atoms with E-state index in [0.717, 1.165) is 34.6 Å². The summed E-state index contributed by atoms with van der Waals surface area (Å²) in [5.74, 6) is -7.25. The number of nitrogens with zero attached hydrogens (tertiary/aromatic N) is 2. The molecule has 4 aromatic rings. The molecule has 4 aromatic carbocycles. The SMILES string of the molecule is CN1/C(=C/C=C/C2=[N+](C)c3ccc4ccccc4c3C2(C)C(F)(F)C(F)=C(F)F)C(C)(C)c2c1ccc1ccccc21. The molecule has 0 saturated heterocycles. The van der Waals surface area contributed by atoms with Gasteiger partial charge in [-0.05, 0) is 52.2 Å². The van der Waals surface area contributed by atoms with Gasteiger partial charge in [0.15, 0.2) is 11.1 Å². The predicted molar refractivity (Wildman–Crippen MR) is 160 cm³/mol. The van der Waals surface area contributed by atoms with E-state index in [1.54, 1.807) is 54.1 Å². The van der Waals surface area contributed by atoms with Crippen molar-refractivity contribution in [2.24, 2.45) is 0 Å². The van der Waals surface area contributed by atoms with Crippen LogP contribution in [0.1, 0.15) is 31.9 Å². The maximum absolute atomic E-state index is 16.0. The van der Waals surface area contributed by atoms with Crippen LogP contribution in [-0.2, 0) is 10.8 Å². The largest absolute Gasteiger partial charge is 0.347 e. The van der Waals surface area contributed by atoms with Gasteiger partial charge in [-0.3, -0.25) is 0 Å². The molecule has 0 fully saturated rings. The molecule has 2 heterocycles. The number of rotatable bonds is 4. The molecule has 0 bridgehead atoms. The van der Waals surface area contributed by atoms with Crippen molar-refractivity contribution in [3.05, 3.63) is 120 Å². The van der Waals surface area contributed by atoms with Crippen LogP contribution >= 0.6 is 0 Å². The number of halogens is 5. The average molecular weight is 574 g/mol. The summed E-state index contributed by atoms with van der Waals surface area (Å²) in [6.07, 6.45) is 1.98. The summed E-state index contributed by atoms with van der Waals surface area (Å²) in [5, 5.41) is 3.37. The summed E-state index contributed by atoms with van der Waals surface area (Å²) in [4.78, 5) is 2.08. The lowest BCUT2D eigenvalue weighted by Gasteiger charge is -2.31. The lowest BCUT2D eigenvalue weighted by molar-refractivity contribution is -0.402. The number of hydrogen-bond donors (Lipinski definition) is 0. The molecule has 0 N–H and O–H groups in total. The molecule has 2 aliphatic heterocycles. The quantitative estimate of drug-likeness (QED) is 0.174. The fourth-order valence-corrected chi connectivity index (χ4v) is 7.02. The summed E-state index contributed by atoms with van der Waals surface area (Å²) in [6.45, 7) is 5.37. The highest BCUT2D eigenvalue weighted by molar-refractivity contribution is 6.09. The second-order valence-electron chi connectivity index (χ2n) is 11.7. The van der Waals surface area contributed by atoms with Gasteiger partial charge in [0.25, 0.3) is 0 Å². The minimum Gasteiger partial charge on any atom is -0.347 e. The summed E-state index contributed by atoms with van der Waals surface area (Å²) >= 11 is 0. The minimum absolute atomic E-state index is 0.00789. The molecule has 1 atom stereocenters.